The molecule has 0 bridgehead atoms. The summed E-state index contributed by atoms with van der Waals surface area (Å²) < 4.78 is 17.9. The number of halogens is 2. The van der Waals surface area contributed by atoms with Gasteiger partial charge >= 0.3 is 0 Å². The van der Waals surface area contributed by atoms with Crippen LogP contribution >= 0.6 is 11.6 Å². The van der Waals surface area contributed by atoms with Crippen LogP contribution in [0.1, 0.15) is 12.5 Å². The zero-order valence-corrected chi connectivity index (χ0v) is 13.6. The number of nitrogens with one attached hydrogen (secondary N) is 2. The molecule has 1 unspecified atom stereocenters. The third-order valence-corrected chi connectivity index (χ3v) is 3.72. The SMILES string of the molecule is CC(F)Oc1cccc(CNc2ccc3c(=O)[nH]nc(Cl)c3c2)c1. The van der Waals surface area contributed by atoms with Gasteiger partial charge in [0.15, 0.2) is 5.15 Å². The number of aromatic amines is 1. The van der Waals surface area contributed by atoms with Crippen LogP contribution in [0.2, 0.25) is 5.15 Å². The number of ether oxygens (including phenoxy) is 1. The monoisotopic (exact) mass is 347 g/mol. The second-order valence-electron chi connectivity index (χ2n) is 5.27. The van der Waals surface area contributed by atoms with E-state index >= 15 is 0 Å². The van der Waals surface area contributed by atoms with Crippen LogP contribution < -0.4 is 15.6 Å². The number of fused-ring (bicyclic) bond motifs is 1. The fourth-order valence-electron chi connectivity index (χ4n) is 2.36. The third-order valence-electron chi connectivity index (χ3n) is 3.44. The zero-order valence-electron chi connectivity index (χ0n) is 12.8. The lowest BCUT2D eigenvalue weighted by Gasteiger charge is -2.10. The van der Waals surface area contributed by atoms with Gasteiger partial charge < -0.3 is 10.1 Å². The van der Waals surface area contributed by atoms with Crippen molar-refractivity contribution in [2.75, 3.05) is 5.32 Å². The first-order valence-corrected chi connectivity index (χ1v) is 7.72. The van der Waals surface area contributed by atoms with Crippen molar-refractivity contribution >= 4 is 28.1 Å². The van der Waals surface area contributed by atoms with Gasteiger partial charge in [-0.3, -0.25) is 4.79 Å². The number of H-pyrrole nitrogens is 1. The Morgan fingerprint density at radius 1 is 1.29 bits per heavy atom. The van der Waals surface area contributed by atoms with Crippen LogP contribution in [0, 0.1) is 0 Å². The molecule has 7 heteroatoms. The maximum Gasteiger partial charge on any atom is 0.272 e. The summed E-state index contributed by atoms with van der Waals surface area (Å²) in [5.74, 6) is 0.474. The molecule has 5 nitrogen and oxygen atoms in total. The Labute approximate surface area is 142 Å². The van der Waals surface area contributed by atoms with E-state index in [1.807, 2.05) is 6.07 Å². The first-order valence-electron chi connectivity index (χ1n) is 7.34. The molecule has 0 fully saturated rings. The Hall–Kier alpha value is -2.60. The van der Waals surface area contributed by atoms with Gasteiger partial charge in [-0.2, -0.15) is 5.10 Å². The highest BCUT2D eigenvalue weighted by molar-refractivity contribution is 6.34. The predicted octanol–water partition coefficient (Wildman–Crippen LogP) is 3.88. The van der Waals surface area contributed by atoms with Crippen molar-refractivity contribution in [2.45, 2.75) is 19.8 Å². The standard InChI is InChI=1S/C17H15ClFN3O2/c1-10(19)24-13-4-2-3-11(7-13)9-20-12-5-6-14-15(8-12)16(18)21-22-17(14)23/h2-8,10,20H,9H2,1H3,(H,22,23). The number of nitrogens with zero attached hydrogens (tertiary/aromatic N) is 1. The van der Waals surface area contributed by atoms with Gasteiger partial charge in [-0.1, -0.05) is 23.7 Å². The molecule has 0 radical (unpaired) electrons. The van der Waals surface area contributed by atoms with Crippen molar-refractivity contribution in [3.63, 3.8) is 0 Å². The molecule has 0 aliphatic heterocycles. The number of rotatable bonds is 5. The van der Waals surface area contributed by atoms with E-state index in [1.54, 1.807) is 36.4 Å². The van der Waals surface area contributed by atoms with Crippen molar-refractivity contribution in [1.29, 1.82) is 0 Å². The minimum absolute atomic E-state index is 0.237. The maximum atomic E-state index is 12.9. The van der Waals surface area contributed by atoms with Crippen molar-refractivity contribution in [3.05, 3.63) is 63.5 Å². The van der Waals surface area contributed by atoms with Crippen molar-refractivity contribution in [1.82, 2.24) is 10.2 Å². The molecule has 0 amide bonds. The van der Waals surface area contributed by atoms with Crippen molar-refractivity contribution in [2.24, 2.45) is 0 Å². The van der Waals surface area contributed by atoms with Gasteiger partial charge in [0, 0.05) is 24.5 Å². The smallest absolute Gasteiger partial charge is 0.272 e. The Kier molecular flexibility index (Phi) is 4.66. The second kappa shape index (κ2) is 6.88. The number of aromatic nitrogens is 2. The summed E-state index contributed by atoms with van der Waals surface area (Å²) in [4.78, 5) is 11.7. The topological polar surface area (TPSA) is 67.0 Å². The second-order valence-corrected chi connectivity index (χ2v) is 5.62. The van der Waals surface area contributed by atoms with Gasteiger partial charge in [-0.15, -0.1) is 0 Å². The van der Waals surface area contributed by atoms with Gasteiger partial charge in [0.2, 0.25) is 6.36 Å². The molecule has 124 valence electrons. The zero-order chi connectivity index (χ0) is 17.1. The lowest BCUT2D eigenvalue weighted by Crippen LogP contribution is -2.09. The van der Waals surface area contributed by atoms with E-state index in [0.717, 1.165) is 11.3 Å². The lowest BCUT2D eigenvalue weighted by molar-refractivity contribution is 0.0860. The molecule has 0 aliphatic carbocycles. The van der Waals surface area contributed by atoms with Crippen LogP contribution in [0.3, 0.4) is 0 Å². The fraction of sp³-hybridized carbons (Fsp3) is 0.176. The van der Waals surface area contributed by atoms with E-state index in [0.29, 0.717) is 23.1 Å². The largest absolute Gasteiger partial charge is 0.461 e. The summed E-state index contributed by atoms with van der Waals surface area (Å²) in [5, 5.41) is 10.6. The Morgan fingerprint density at radius 2 is 2.12 bits per heavy atom. The van der Waals surface area contributed by atoms with Crippen LogP contribution in [-0.4, -0.2) is 16.6 Å². The van der Waals surface area contributed by atoms with Crippen molar-refractivity contribution in [3.8, 4) is 5.75 Å². The molecule has 0 aliphatic rings. The minimum atomic E-state index is -1.36. The van der Waals surface area contributed by atoms with Gasteiger partial charge in [0.1, 0.15) is 5.75 Å². The highest BCUT2D eigenvalue weighted by Gasteiger charge is 2.06. The fourth-order valence-corrected chi connectivity index (χ4v) is 2.56. The Balaban J connectivity index is 1.79. The normalized spacial score (nSPS) is 12.1. The number of alkyl halides is 1. The van der Waals surface area contributed by atoms with E-state index in [4.69, 9.17) is 16.3 Å². The molecule has 1 aromatic heterocycles. The molecule has 24 heavy (non-hydrogen) atoms. The van der Waals surface area contributed by atoms with E-state index in [1.165, 1.54) is 6.92 Å². The van der Waals surface area contributed by atoms with Crippen LogP contribution in [-0.2, 0) is 6.54 Å². The first-order chi connectivity index (χ1) is 11.5. The average Bonchev–Trinajstić information content (AvgIpc) is 2.56. The molecular weight excluding hydrogens is 333 g/mol. The molecular formula is C17H15ClFN3O2. The summed E-state index contributed by atoms with van der Waals surface area (Å²) in [7, 11) is 0. The molecule has 1 atom stereocenters. The van der Waals surface area contributed by atoms with Crippen molar-refractivity contribution < 1.29 is 9.13 Å². The summed E-state index contributed by atoms with van der Waals surface area (Å²) in [6.45, 7) is 1.84. The average molecular weight is 348 g/mol. The molecule has 3 aromatic rings. The highest BCUT2D eigenvalue weighted by Crippen LogP contribution is 2.22. The van der Waals surface area contributed by atoms with Crippen LogP contribution in [0.4, 0.5) is 10.1 Å². The van der Waals surface area contributed by atoms with E-state index < -0.39 is 6.36 Å². The predicted molar refractivity (Wildman–Crippen MR) is 92.3 cm³/mol. The van der Waals surface area contributed by atoms with E-state index in [9.17, 15) is 9.18 Å². The summed E-state index contributed by atoms with van der Waals surface area (Å²) in [6.07, 6.45) is -1.36. The van der Waals surface area contributed by atoms with Gasteiger partial charge in [-0.25, -0.2) is 9.49 Å². The molecule has 2 aromatic carbocycles. The third kappa shape index (κ3) is 3.65. The molecule has 0 saturated heterocycles. The number of anilines is 1. The lowest BCUT2D eigenvalue weighted by atomic mass is 10.1. The molecule has 0 spiro atoms. The first kappa shape index (κ1) is 16.3. The number of hydrogen-bond donors (Lipinski definition) is 2. The quantitative estimate of drug-likeness (QED) is 0.735. The highest BCUT2D eigenvalue weighted by atomic mass is 35.5. The maximum absolute atomic E-state index is 12.9. The van der Waals surface area contributed by atoms with Crippen LogP contribution in [0.5, 0.6) is 5.75 Å². The summed E-state index contributed by atoms with van der Waals surface area (Å²) >= 11 is 6.03. The molecule has 2 N–H and O–H groups in total. The summed E-state index contributed by atoms with van der Waals surface area (Å²) in [6, 6.07) is 12.4. The Morgan fingerprint density at radius 3 is 2.92 bits per heavy atom. The van der Waals surface area contributed by atoms with E-state index in [2.05, 4.69) is 15.5 Å². The Bertz CT molecular complexity index is 927. The van der Waals surface area contributed by atoms with Crippen LogP contribution in [0.15, 0.2) is 47.3 Å². The summed E-state index contributed by atoms with van der Waals surface area (Å²) in [5.41, 5.74) is 1.44. The number of hydrogen-bond acceptors (Lipinski definition) is 4. The van der Waals surface area contributed by atoms with Crippen LogP contribution in [0.25, 0.3) is 10.8 Å². The van der Waals surface area contributed by atoms with Gasteiger partial charge in [0.05, 0.1) is 5.39 Å². The molecule has 1 heterocycles. The van der Waals surface area contributed by atoms with Gasteiger partial charge in [0.25, 0.3) is 5.56 Å². The molecule has 0 saturated carbocycles. The minimum Gasteiger partial charge on any atom is -0.461 e. The van der Waals surface area contributed by atoms with Gasteiger partial charge in [-0.05, 0) is 35.9 Å². The molecule has 3 rings (SSSR count). The van der Waals surface area contributed by atoms with E-state index in [-0.39, 0.29) is 10.7 Å². The number of benzene rings is 2.